The van der Waals surface area contributed by atoms with Gasteiger partial charge in [0.15, 0.2) is 0 Å². The second kappa shape index (κ2) is 3.18. The predicted octanol–water partition coefficient (Wildman–Crippen LogP) is 1.77. The smallest absolute Gasteiger partial charge is 0.126 e. The molecule has 0 aromatic carbocycles. The number of hydrogen-bond acceptors (Lipinski definition) is 0. The summed E-state index contributed by atoms with van der Waals surface area (Å²) in [4.78, 5) is 0. The second-order valence-corrected chi connectivity index (χ2v) is 6.54. The molecular formula is C8H16BP. The van der Waals surface area contributed by atoms with E-state index in [0.717, 1.165) is 0 Å². The number of rotatable bonds is 0. The van der Waals surface area contributed by atoms with Crippen LogP contribution >= 0.6 is 7.55 Å². The van der Waals surface area contributed by atoms with Gasteiger partial charge in [0.2, 0.25) is 0 Å². The van der Waals surface area contributed by atoms with E-state index in [9.17, 15) is 0 Å². The molecule has 0 fully saturated rings. The lowest BCUT2D eigenvalue weighted by Crippen LogP contribution is -1.93. The van der Waals surface area contributed by atoms with E-state index >= 15 is 0 Å². The molecule has 0 amide bonds. The van der Waals surface area contributed by atoms with Crippen LogP contribution in [-0.2, 0) is 0 Å². The molecule has 2 heterocycles. The molecule has 56 valence electrons. The van der Waals surface area contributed by atoms with Gasteiger partial charge >= 0.3 is 0 Å². The molecule has 0 saturated heterocycles. The van der Waals surface area contributed by atoms with Crippen LogP contribution in [0.3, 0.4) is 0 Å². The summed E-state index contributed by atoms with van der Waals surface area (Å²) < 4.78 is 0. The molecular weight excluding hydrogens is 138 g/mol. The van der Waals surface area contributed by atoms with Crippen molar-refractivity contribution in [3.8, 4) is 0 Å². The SMILES string of the molecule is B1CC2=[PH](C1)CCCCC2. The fourth-order valence-corrected chi connectivity index (χ4v) is 5.62. The average Bonchev–Trinajstić information content (AvgIpc) is 2.28. The zero-order chi connectivity index (χ0) is 6.81. The first-order valence-electron chi connectivity index (χ1n) is 4.66. The normalized spacial score (nSPS) is 32.8. The van der Waals surface area contributed by atoms with Crippen LogP contribution in [0.2, 0.25) is 6.32 Å². The van der Waals surface area contributed by atoms with Crippen molar-refractivity contribution >= 4 is 20.1 Å². The summed E-state index contributed by atoms with van der Waals surface area (Å²) in [5.74, 6) is 0. The first kappa shape index (κ1) is 7.04. The summed E-state index contributed by atoms with van der Waals surface area (Å²) >= 11 is 0. The molecule has 0 nitrogen and oxygen atoms in total. The van der Waals surface area contributed by atoms with Gasteiger partial charge in [0.05, 0.1) is 0 Å². The molecule has 0 radical (unpaired) electrons. The summed E-state index contributed by atoms with van der Waals surface area (Å²) in [7, 11) is 1.67. The third-order valence-electron chi connectivity index (χ3n) is 2.91. The van der Waals surface area contributed by atoms with Crippen molar-refractivity contribution in [3.05, 3.63) is 0 Å². The van der Waals surface area contributed by atoms with Gasteiger partial charge in [-0.15, -0.1) is 7.55 Å². The van der Waals surface area contributed by atoms with Gasteiger partial charge in [0, 0.05) is 0 Å². The summed E-state index contributed by atoms with van der Waals surface area (Å²) in [5, 5.41) is 2.03. The van der Waals surface area contributed by atoms with Crippen molar-refractivity contribution < 1.29 is 0 Å². The molecule has 2 aliphatic heterocycles. The Bertz CT molecular complexity index is 147. The summed E-state index contributed by atoms with van der Waals surface area (Å²) in [5.41, 5.74) is 0. The van der Waals surface area contributed by atoms with Gasteiger partial charge in [-0.25, -0.2) is 0 Å². The highest BCUT2D eigenvalue weighted by Gasteiger charge is 2.15. The molecule has 0 saturated carbocycles. The second-order valence-electron chi connectivity index (χ2n) is 3.62. The Hall–Kier alpha value is 0.365. The summed E-state index contributed by atoms with van der Waals surface area (Å²) in [6, 6.07) is 1.62. The van der Waals surface area contributed by atoms with Gasteiger partial charge in [-0.3, -0.25) is 0 Å². The molecule has 2 heteroatoms. The van der Waals surface area contributed by atoms with Crippen LogP contribution in [0.4, 0.5) is 0 Å². The van der Waals surface area contributed by atoms with Gasteiger partial charge in [0.25, 0.3) is 0 Å². The van der Waals surface area contributed by atoms with E-state index in [1.165, 1.54) is 25.6 Å². The van der Waals surface area contributed by atoms with E-state index in [0.29, 0.717) is 0 Å². The van der Waals surface area contributed by atoms with Crippen LogP contribution in [0.1, 0.15) is 25.7 Å². The van der Waals surface area contributed by atoms with Gasteiger partial charge in [-0.1, -0.05) is 24.1 Å². The highest BCUT2D eigenvalue weighted by Crippen LogP contribution is 2.36. The first-order valence-corrected chi connectivity index (χ1v) is 6.58. The van der Waals surface area contributed by atoms with E-state index in [-0.39, 0.29) is 7.55 Å². The topological polar surface area (TPSA) is 0 Å². The first-order chi connectivity index (χ1) is 4.97. The minimum absolute atomic E-state index is 0.127. The fraction of sp³-hybridized carbons (Fsp3) is 0.875. The zero-order valence-corrected chi connectivity index (χ0v) is 7.66. The lowest BCUT2D eigenvalue weighted by molar-refractivity contribution is 0.754. The summed E-state index contributed by atoms with van der Waals surface area (Å²) in [6.07, 6.45) is 9.27. The molecule has 1 atom stereocenters. The zero-order valence-electron chi connectivity index (χ0n) is 6.66. The van der Waals surface area contributed by atoms with Crippen molar-refractivity contribution in [2.45, 2.75) is 32.0 Å². The maximum atomic E-state index is 2.03. The van der Waals surface area contributed by atoms with E-state index in [4.69, 9.17) is 0 Å². The molecule has 0 spiro atoms. The molecule has 0 aromatic heterocycles. The number of hydrogen-bond donors (Lipinski definition) is 0. The maximum absolute atomic E-state index is 2.03. The third-order valence-corrected chi connectivity index (χ3v) is 6.33. The minimum Gasteiger partial charge on any atom is -0.126 e. The molecule has 2 aliphatic rings. The van der Waals surface area contributed by atoms with Gasteiger partial charge in [0.1, 0.15) is 7.28 Å². The van der Waals surface area contributed by atoms with Gasteiger partial charge in [-0.2, -0.15) is 0 Å². The lowest BCUT2D eigenvalue weighted by Gasteiger charge is -2.01. The van der Waals surface area contributed by atoms with Crippen LogP contribution in [0, 0.1) is 0 Å². The van der Waals surface area contributed by atoms with E-state index in [1.54, 1.807) is 25.9 Å². The molecule has 2 rings (SSSR count). The largest absolute Gasteiger partial charge is 0.129 e. The molecule has 10 heavy (non-hydrogen) atoms. The third kappa shape index (κ3) is 1.35. The highest BCUT2D eigenvalue weighted by atomic mass is 31.1. The summed E-state index contributed by atoms with van der Waals surface area (Å²) in [6.45, 7) is 0. The van der Waals surface area contributed by atoms with E-state index in [1.807, 2.05) is 5.29 Å². The van der Waals surface area contributed by atoms with Crippen molar-refractivity contribution in [3.63, 3.8) is 0 Å². The lowest BCUT2D eigenvalue weighted by atomic mass is 9.76. The molecule has 0 aromatic rings. The Morgan fingerprint density at radius 1 is 1.20 bits per heavy atom. The molecule has 0 bridgehead atoms. The minimum atomic E-state index is 0.127. The Balaban J connectivity index is 2.10. The van der Waals surface area contributed by atoms with Crippen LogP contribution in [0.25, 0.3) is 0 Å². The van der Waals surface area contributed by atoms with Crippen molar-refractivity contribution in [2.75, 3.05) is 12.2 Å². The fourth-order valence-electron chi connectivity index (χ4n) is 2.33. The Kier molecular flexibility index (Phi) is 2.23. The van der Waals surface area contributed by atoms with E-state index < -0.39 is 0 Å². The van der Waals surface area contributed by atoms with Gasteiger partial charge in [-0.05, 0) is 25.4 Å². The Morgan fingerprint density at radius 3 is 3.20 bits per heavy atom. The van der Waals surface area contributed by atoms with Crippen molar-refractivity contribution in [2.24, 2.45) is 0 Å². The monoisotopic (exact) mass is 154 g/mol. The predicted molar refractivity (Wildman–Crippen MR) is 53.5 cm³/mol. The van der Waals surface area contributed by atoms with Crippen LogP contribution < -0.4 is 0 Å². The molecule has 1 unspecified atom stereocenters. The van der Waals surface area contributed by atoms with Gasteiger partial charge < -0.3 is 0 Å². The molecule has 0 aliphatic carbocycles. The van der Waals surface area contributed by atoms with Crippen LogP contribution in [0.5, 0.6) is 0 Å². The Morgan fingerprint density at radius 2 is 2.20 bits per heavy atom. The van der Waals surface area contributed by atoms with Crippen molar-refractivity contribution in [1.29, 1.82) is 0 Å². The van der Waals surface area contributed by atoms with Crippen molar-refractivity contribution in [1.82, 2.24) is 0 Å². The van der Waals surface area contributed by atoms with Crippen LogP contribution in [-0.4, -0.2) is 24.8 Å². The average molecular weight is 154 g/mol. The quantitative estimate of drug-likeness (QED) is 0.368. The van der Waals surface area contributed by atoms with Crippen LogP contribution in [0.15, 0.2) is 0 Å². The maximum Gasteiger partial charge on any atom is 0.129 e. The molecule has 0 N–H and O–H groups in total. The standard InChI is InChI=1S/C8H16BP/c1-2-4-8-6-9-7-10(8)5-3-1/h9-10H,1-7H2. The highest BCUT2D eigenvalue weighted by molar-refractivity contribution is 7.62. The van der Waals surface area contributed by atoms with E-state index in [2.05, 4.69) is 0 Å². The Labute approximate surface area is 65.0 Å².